The van der Waals surface area contributed by atoms with E-state index in [0.717, 1.165) is 22.1 Å². The zero-order chi connectivity index (χ0) is 10.7. The van der Waals surface area contributed by atoms with Crippen molar-refractivity contribution in [1.82, 2.24) is 0 Å². The fourth-order valence-corrected chi connectivity index (χ4v) is 2.18. The van der Waals surface area contributed by atoms with E-state index in [2.05, 4.69) is 27.3 Å². The fraction of sp³-hybridized carbons (Fsp3) is 0.692. The Morgan fingerprint density at radius 3 is 1.33 bits per heavy atom. The van der Waals surface area contributed by atoms with Crippen molar-refractivity contribution in [3.8, 4) is 0 Å². The van der Waals surface area contributed by atoms with Gasteiger partial charge in [0.25, 0.3) is 0 Å². The Balaban J connectivity index is 0.00000196. The maximum absolute atomic E-state index is 3.84. The van der Waals surface area contributed by atoms with Gasteiger partial charge < -0.3 is 8.97 Å². The van der Waals surface area contributed by atoms with Gasteiger partial charge in [0.2, 0.25) is 0 Å². The van der Waals surface area contributed by atoms with Crippen LogP contribution < -0.4 is 0 Å². The first-order valence-corrected chi connectivity index (χ1v) is 5.42. The van der Waals surface area contributed by atoms with Crippen molar-refractivity contribution in [2.75, 3.05) is 53.4 Å². The van der Waals surface area contributed by atoms with E-state index in [9.17, 15) is 0 Å². The number of piperazine rings is 1. The van der Waals surface area contributed by atoms with Crippen LogP contribution in [-0.2, 0) is 0 Å². The van der Waals surface area contributed by atoms with E-state index in [-0.39, 0.29) is 7.43 Å². The van der Waals surface area contributed by atoms with Crippen molar-refractivity contribution in [1.29, 1.82) is 0 Å². The standard InChI is InChI=1S/C12H24N2.CH4/c1-5-7-13(3)9-11-14(4,8-6-2)12-10-13;/h5-6H,1-2,7-12H2,3-4H3;1H4/q+2;. The van der Waals surface area contributed by atoms with Crippen LogP contribution in [0.2, 0.25) is 0 Å². The van der Waals surface area contributed by atoms with Crippen molar-refractivity contribution in [3.63, 3.8) is 0 Å². The van der Waals surface area contributed by atoms with E-state index in [4.69, 9.17) is 0 Å². The highest BCUT2D eigenvalue weighted by Gasteiger charge is 2.35. The minimum Gasteiger partial charge on any atom is -0.313 e. The Bertz CT molecular complexity index is 189. The van der Waals surface area contributed by atoms with E-state index in [1.807, 2.05) is 12.2 Å². The first-order valence-electron chi connectivity index (χ1n) is 5.42. The van der Waals surface area contributed by atoms with Gasteiger partial charge in [0.05, 0.1) is 27.2 Å². The molecule has 15 heavy (non-hydrogen) atoms. The molecule has 1 aliphatic heterocycles. The molecule has 0 aromatic heterocycles. The van der Waals surface area contributed by atoms with Crippen molar-refractivity contribution >= 4 is 0 Å². The highest BCUT2D eigenvalue weighted by atomic mass is 15.4. The van der Waals surface area contributed by atoms with Crippen molar-refractivity contribution in [3.05, 3.63) is 25.3 Å². The van der Waals surface area contributed by atoms with Crippen LogP contribution in [0.1, 0.15) is 7.43 Å². The third-order valence-electron chi connectivity index (χ3n) is 3.50. The number of nitrogens with zero attached hydrogens (tertiary/aromatic N) is 2. The zero-order valence-electron chi connectivity index (χ0n) is 9.71. The van der Waals surface area contributed by atoms with Gasteiger partial charge in [-0.2, -0.15) is 0 Å². The van der Waals surface area contributed by atoms with Crippen LogP contribution in [0.5, 0.6) is 0 Å². The van der Waals surface area contributed by atoms with Gasteiger partial charge in [-0.25, -0.2) is 0 Å². The smallest absolute Gasteiger partial charge is 0.129 e. The second kappa shape index (κ2) is 5.47. The molecule has 1 rings (SSSR count). The topological polar surface area (TPSA) is 0 Å². The number of hydrogen-bond acceptors (Lipinski definition) is 0. The lowest BCUT2D eigenvalue weighted by Gasteiger charge is -2.45. The van der Waals surface area contributed by atoms with Gasteiger partial charge >= 0.3 is 0 Å². The molecule has 0 aromatic carbocycles. The Hall–Kier alpha value is -0.600. The van der Waals surface area contributed by atoms with E-state index >= 15 is 0 Å². The Labute approximate surface area is 95.7 Å². The SMILES string of the molecule is C.C=CC[N+]1(C)CC[N+](C)(CC=C)CC1. The van der Waals surface area contributed by atoms with Gasteiger partial charge in [0.1, 0.15) is 26.2 Å². The molecule has 88 valence electrons. The van der Waals surface area contributed by atoms with Gasteiger partial charge in [-0.1, -0.05) is 20.6 Å². The second-order valence-electron chi connectivity index (χ2n) is 5.08. The fourth-order valence-electron chi connectivity index (χ4n) is 2.18. The molecule has 1 saturated heterocycles. The Morgan fingerprint density at radius 1 is 0.867 bits per heavy atom. The van der Waals surface area contributed by atoms with Crippen LogP contribution in [-0.4, -0.2) is 62.3 Å². The summed E-state index contributed by atoms with van der Waals surface area (Å²) in [5.41, 5.74) is 0. The summed E-state index contributed by atoms with van der Waals surface area (Å²) in [5.74, 6) is 0. The number of quaternary nitrogens is 2. The zero-order valence-corrected chi connectivity index (χ0v) is 9.71. The molecule has 0 radical (unpaired) electrons. The van der Waals surface area contributed by atoms with Crippen LogP contribution in [0.15, 0.2) is 25.3 Å². The van der Waals surface area contributed by atoms with Gasteiger partial charge in [-0.15, -0.1) is 0 Å². The number of likely N-dealkylation sites (N-methyl/N-ethyl adjacent to an activating group) is 2. The van der Waals surface area contributed by atoms with Crippen LogP contribution in [0.25, 0.3) is 0 Å². The molecule has 0 amide bonds. The molecule has 1 heterocycles. The van der Waals surface area contributed by atoms with Crippen LogP contribution in [0.4, 0.5) is 0 Å². The molecule has 0 spiro atoms. The molecule has 1 aliphatic rings. The number of hydrogen-bond donors (Lipinski definition) is 0. The normalized spacial score (nSPS) is 35.3. The lowest BCUT2D eigenvalue weighted by molar-refractivity contribution is -1.01. The summed E-state index contributed by atoms with van der Waals surface area (Å²) in [6.45, 7) is 14.9. The number of rotatable bonds is 4. The molecule has 1 fully saturated rings. The predicted molar refractivity (Wildman–Crippen MR) is 68.7 cm³/mol. The van der Waals surface area contributed by atoms with Crippen LogP contribution in [0, 0.1) is 0 Å². The van der Waals surface area contributed by atoms with Gasteiger partial charge in [0, 0.05) is 0 Å². The van der Waals surface area contributed by atoms with Gasteiger partial charge in [-0.05, 0) is 12.2 Å². The maximum atomic E-state index is 3.84. The first-order chi connectivity index (χ1) is 6.54. The molecule has 0 unspecified atom stereocenters. The van der Waals surface area contributed by atoms with Crippen LogP contribution >= 0.6 is 0 Å². The summed E-state index contributed by atoms with van der Waals surface area (Å²) in [5, 5.41) is 0. The molecular formula is C13H28N2+2. The molecular weight excluding hydrogens is 184 g/mol. The lowest BCUT2D eigenvalue weighted by atomic mass is 10.2. The maximum Gasteiger partial charge on any atom is 0.129 e. The summed E-state index contributed by atoms with van der Waals surface area (Å²) < 4.78 is 2.32. The third-order valence-corrected chi connectivity index (χ3v) is 3.50. The summed E-state index contributed by atoms with van der Waals surface area (Å²) >= 11 is 0. The second-order valence-corrected chi connectivity index (χ2v) is 5.08. The summed E-state index contributed by atoms with van der Waals surface area (Å²) in [4.78, 5) is 0. The van der Waals surface area contributed by atoms with E-state index < -0.39 is 0 Å². The van der Waals surface area contributed by atoms with Gasteiger partial charge in [-0.3, -0.25) is 0 Å². The molecule has 0 bridgehead atoms. The van der Waals surface area contributed by atoms with E-state index in [1.165, 1.54) is 26.2 Å². The van der Waals surface area contributed by atoms with E-state index in [0.29, 0.717) is 0 Å². The lowest BCUT2D eigenvalue weighted by Crippen LogP contribution is -2.63. The minimum absolute atomic E-state index is 0. The average molecular weight is 212 g/mol. The predicted octanol–water partition coefficient (Wildman–Crippen LogP) is 1.90. The largest absolute Gasteiger partial charge is 0.313 e. The monoisotopic (exact) mass is 212 g/mol. The van der Waals surface area contributed by atoms with Crippen molar-refractivity contribution in [2.24, 2.45) is 0 Å². The third kappa shape index (κ3) is 3.80. The van der Waals surface area contributed by atoms with E-state index in [1.54, 1.807) is 0 Å². The van der Waals surface area contributed by atoms with Gasteiger partial charge in [0.15, 0.2) is 0 Å². The highest BCUT2D eigenvalue weighted by Crippen LogP contribution is 2.15. The highest BCUT2D eigenvalue weighted by molar-refractivity contribution is 4.69. The van der Waals surface area contributed by atoms with Crippen LogP contribution in [0.3, 0.4) is 0 Å². The minimum atomic E-state index is 0. The molecule has 0 saturated carbocycles. The molecule has 0 atom stereocenters. The molecule has 2 nitrogen and oxygen atoms in total. The molecule has 0 aliphatic carbocycles. The molecule has 2 heteroatoms. The average Bonchev–Trinajstić information content (AvgIpc) is 2.13. The van der Waals surface area contributed by atoms with Crippen molar-refractivity contribution in [2.45, 2.75) is 7.43 Å². The Kier molecular flexibility index (Phi) is 5.26. The summed E-state index contributed by atoms with van der Waals surface area (Å²) in [6.07, 6.45) is 4.09. The summed E-state index contributed by atoms with van der Waals surface area (Å²) in [7, 11) is 4.66. The quantitative estimate of drug-likeness (QED) is 0.493. The summed E-state index contributed by atoms with van der Waals surface area (Å²) in [6, 6.07) is 0. The Morgan fingerprint density at radius 2 is 1.13 bits per heavy atom. The molecule has 0 aromatic rings. The first kappa shape index (κ1) is 14.4. The van der Waals surface area contributed by atoms with Crippen molar-refractivity contribution < 1.29 is 8.97 Å². The molecule has 0 N–H and O–H groups in total.